The molecule has 0 bridgehead atoms. The quantitative estimate of drug-likeness (QED) is 0.240. The number of aliphatic hydroxyl groups is 2. The maximum absolute atomic E-state index is 12.6. The first kappa shape index (κ1) is 26.7. The van der Waals surface area contributed by atoms with Crippen molar-refractivity contribution in [1.29, 1.82) is 0 Å². The molecule has 0 unspecified atom stereocenters. The van der Waals surface area contributed by atoms with Gasteiger partial charge in [-0.3, -0.25) is 0 Å². The van der Waals surface area contributed by atoms with Crippen molar-refractivity contribution in [3.05, 3.63) is 69.1 Å². The molecule has 0 aliphatic carbocycles. The molecule has 1 heterocycles. The van der Waals surface area contributed by atoms with Crippen molar-refractivity contribution in [1.82, 2.24) is 15.0 Å². The lowest BCUT2D eigenvalue weighted by Crippen LogP contribution is -2.24. The number of alkyl halides is 2. The Morgan fingerprint density at radius 3 is 2.35 bits per heavy atom. The van der Waals surface area contributed by atoms with E-state index in [1.807, 2.05) is 36.4 Å². The summed E-state index contributed by atoms with van der Waals surface area (Å²) in [5.41, 5.74) is 2.18. The molecule has 0 amide bonds. The summed E-state index contributed by atoms with van der Waals surface area (Å²) in [5, 5.41) is 27.2. The number of ether oxygens (including phenoxy) is 2. The van der Waals surface area contributed by atoms with E-state index in [1.54, 1.807) is 0 Å². The monoisotopic (exact) mass is 602 g/mol. The zero-order valence-corrected chi connectivity index (χ0v) is 21.9. The number of hydrogen-bond donors (Lipinski definition) is 2. The standard InChI is InChI=1S/C24H28ClFIN3O4/c1-24(2,17-5-8-23(22(27)9-17)34-14-19(31)10-25)16-3-6-21(7-4-16)33-15-20(32)13-30-12-18(11-26)28-29-30/h3-9,12,19-20,31-32H,10-11,13-15H2,1-2H3/t19-,20-/m1/s1/i26-1. The molecule has 2 atom stereocenters. The molecule has 3 rings (SSSR count). The molecule has 0 saturated heterocycles. The van der Waals surface area contributed by atoms with Crippen molar-refractivity contribution in [2.45, 2.75) is 44.7 Å². The lowest BCUT2D eigenvalue weighted by atomic mass is 9.78. The molecule has 0 aliphatic rings. The fraction of sp³-hybridized carbons (Fsp3) is 0.417. The molecule has 34 heavy (non-hydrogen) atoms. The van der Waals surface area contributed by atoms with Crippen molar-refractivity contribution in [3.8, 4) is 11.5 Å². The van der Waals surface area contributed by atoms with E-state index >= 15 is 0 Å². The van der Waals surface area contributed by atoms with Crippen LogP contribution in [0, 0.1) is 3.57 Å². The summed E-state index contributed by atoms with van der Waals surface area (Å²) in [6, 6.07) is 13.7. The van der Waals surface area contributed by atoms with Crippen molar-refractivity contribution < 1.29 is 24.1 Å². The third-order valence-electron chi connectivity index (χ3n) is 5.40. The first-order valence-electron chi connectivity index (χ1n) is 10.8. The number of hydrogen-bond acceptors (Lipinski definition) is 6. The maximum Gasteiger partial charge on any atom is 0.135 e. The molecular formula is C24H28ClFIN3O4. The summed E-state index contributed by atoms with van der Waals surface area (Å²) >= 11 is 7.85. The summed E-state index contributed by atoms with van der Waals surface area (Å²) < 4.78 is 26.3. The van der Waals surface area contributed by atoms with Gasteiger partial charge in [0.05, 0.1) is 22.2 Å². The first-order valence-corrected chi connectivity index (χ1v) is 12.4. The molecular weight excluding hydrogens is 575 g/mol. The van der Waals surface area contributed by atoms with E-state index in [4.69, 9.17) is 21.1 Å². The normalized spacial score (nSPS) is 13.5. The predicted octanol–water partition coefficient (Wildman–Crippen LogP) is 4.10. The lowest BCUT2D eigenvalue weighted by Gasteiger charge is -2.27. The number of nitrogens with zero attached hydrogens (tertiary/aromatic N) is 3. The van der Waals surface area contributed by atoms with E-state index in [0.29, 0.717) is 11.5 Å². The van der Waals surface area contributed by atoms with Crippen LogP contribution in [0.25, 0.3) is 0 Å². The van der Waals surface area contributed by atoms with Crippen LogP contribution in [0.1, 0.15) is 30.7 Å². The fourth-order valence-electron chi connectivity index (χ4n) is 3.32. The predicted molar refractivity (Wildman–Crippen MR) is 136 cm³/mol. The Labute approximate surface area is 217 Å². The smallest absolute Gasteiger partial charge is 0.135 e. The van der Waals surface area contributed by atoms with E-state index in [9.17, 15) is 14.6 Å². The highest BCUT2D eigenvalue weighted by Crippen LogP contribution is 2.35. The maximum atomic E-state index is 12.6. The zero-order chi connectivity index (χ0) is 24.7. The van der Waals surface area contributed by atoms with Crippen LogP contribution in [-0.4, -0.2) is 56.5 Å². The van der Waals surface area contributed by atoms with Crippen LogP contribution in [0.5, 0.6) is 11.5 Å². The minimum Gasteiger partial charge on any atom is -0.491 e. The molecule has 0 radical (unpaired) electrons. The van der Waals surface area contributed by atoms with Crippen LogP contribution < -0.4 is 9.47 Å². The second-order valence-corrected chi connectivity index (χ2v) is 9.91. The van der Waals surface area contributed by atoms with Crippen LogP contribution >= 0.6 is 34.2 Å². The fourth-order valence-corrected chi connectivity index (χ4v) is 4.08. The summed E-state index contributed by atoms with van der Waals surface area (Å²) in [7, 11) is 0. The molecule has 0 fully saturated rings. The highest BCUT2D eigenvalue weighted by Gasteiger charge is 2.24. The number of rotatable bonds is 12. The molecule has 0 aliphatic heterocycles. The van der Waals surface area contributed by atoms with Crippen LogP contribution in [0.4, 0.5) is 4.39 Å². The lowest BCUT2D eigenvalue weighted by molar-refractivity contribution is 0.0888. The molecule has 2 aromatic carbocycles. The largest absolute Gasteiger partial charge is 0.491 e. The van der Waals surface area contributed by atoms with Crippen LogP contribution in [-0.2, 0) is 18.6 Å². The minimum atomic E-state index is -0.807. The van der Waals surface area contributed by atoms with E-state index < -0.39 is 18.9 Å². The van der Waals surface area contributed by atoms with Gasteiger partial charge in [-0.15, -0.1) is 16.7 Å². The van der Waals surface area contributed by atoms with Gasteiger partial charge >= 0.3 is 0 Å². The average Bonchev–Trinajstić information content (AvgIpc) is 3.29. The van der Waals surface area contributed by atoms with Gasteiger partial charge in [0, 0.05) is 5.41 Å². The molecule has 2 N–H and O–H groups in total. The summed E-state index contributed by atoms with van der Waals surface area (Å²) in [5.74, 6) is 1.47. The third-order valence-corrected chi connectivity index (χ3v) is 6.60. The van der Waals surface area contributed by atoms with Crippen LogP contribution in [0.15, 0.2) is 48.7 Å². The van der Waals surface area contributed by atoms with E-state index in [1.165, 1.54) is 10.9 Å². The topological polar surface area (TPSA) is 89.6 Å². The van der Waals surface area contributed by atoms with Crippen LogP contribution in [0.2, 0.25) is 0 Å². The molecule has 0 saturated carbocycles. The number of aliphatic hydroxyl groups excluding tert-OH is 2. The Balaban J connectivity index is 1.59. The second kappa shape index (κ2) is 12.1. The zero-order valence-electron chi connectivity index (χ0n) is 19.0. The van der Waals surface area contributed by atoms with Gasteiger partial charge in [0.25, 0.3) is 0 Å². The Hall–Kier alpha value is -1.95. The number of aromatic nitrogens is 3. The molecule has 10 heteroatoms. The number of benzene rings is 2. The second-order valence-electron chi connectivity index (χ2n) is 8.44. The van der Waals surface area contributed by atoms with Gasteiger partial charge in [-0.05, 0) is 58.0 Å². The van der Waals surface area contributed by atoms with E-state index in [-0.39, 0.29) is 36.7 Å². The van der Waals surface area contributed by atoms with Gasteiger partial charge in [-0.1, -0.05) is 37.3 Å². The first-order chi connectivity index (χ1) is 16.2. The SMILES string of the molecule is CC(C)(c1ccc(OC[C@H](O)Cn2cc(C[18F])nn2)cc1)c1ccc(OC[C@H](O)CCl)c(I)c1. The number of halogens is 3. The van der Waals surface area contributed by atoms with Gasteiger partial charge < -0.3 is 19.7 Å². The van der Waals surface area contributed by atoms with Crippen molar-refractivity contribution in [2.24, 2.45) is 0 Å². The van der Waals surface area contributed by atoms with Crippen LogP contribution in [0.3, 0.4) is 0 Å². The van der Waals surface area contributed by atoms with Gasteiger partial charge in [0.1, 0.15) is 49.3 Å². The molecule has 0 spiro atoms. The van der Waals surface area contributed by atoms with Gasteiger partial charge in [-0.2, -0.15) is 0 Å². The van der Waals surface area contributed by atoms with E-state index in [0.717, 1.165) is 14.7 Å². The average molecular weight is 603 g/mol. The van der Waals surface area contributed by atoms with Gasteiger partial charge in [-0.25, -0.2) is 9.07 Å². The summed E-state index contributed by atoms with van der Waals surface area (Å²) in [6.07, 6.45) is -0.0470. The Morgan fingerprint density at radius 1 is 1.06 bits per heavy atom. The van der Waals surface area contributed by atoms with Gasteiger partial charge in [0.15, 0.2) is 0 Å². The highest BCUT2D eigenvalue weighted by molar-refractivity contribution is 14.1. The minimum absolute atomic E-state index is 0.0750. The summed E-state index contributed by atoms with van der Waals surface area (Å²) in [4.78, 5) is 0. The molecule has 184 valence electrons. The van der Waals surface area contributed by atoms with Crippen molar-refractivity contribution in [3.63, 3.8) is 0 Å². The van der Waals surface area contributed by atoms with Crippen molar-refractivity contribution in [2.75, 3.05) is 19.1 Å². The molecule has 3 aromatic rings. The highest BCUT2D eigenvalue weighted by atomic mass is 127. The van der Waals surface area contributed by atoms with Gasteiger partial charge in [0.2, 0.25) is 0 Å². The molecule has 1 aromatic heterocycles. The Morgan fingerprint density at radius 2 is 1.74 bits per heavy atom. The summed E-state index contributed by atoms with van der Waals surface area (Å²) in [6.45, 7) is 3.98. The third kappa shape index (κ3) is 7.03. The van der Waals surface area contributed by atoms with E-state index in [2.05, 4.69) is 52.8 Å². The Kier molecular flexibility index (Phi) is 9.52. The molecule has 7 nitrogen and oxygen atoms in total. The van der Waals surface area contributed by atoms with Crippen molar-refractivity contribution >= 4 is 34.2 Å². The Bertz CT molecular complexity index is 1060.